The minimum atomic E-state index is -0.867. The summed E-state index contributed by atoms with van der Waals surface area (Å²) in [6.45, 7) is 1.73. The Hall–Kier alpha value is -2.04. The van der Waals surface area contributed by atoms with Gasteiger partial charge in [0.1, 0.15) is 5.75 Å². The summed E-state index contributed by atoms with van der Waals surface area (Å²) in [7, 11) is 0. The van der Waals surface area contributed by atoms with Crippen molar-refractivity contribution in [2.24, 2.45) is 0 Å². The molecule has 1 fully saturated rings. The number of carboxylic acid groups (broad SMARTS) is 1. The van der Waals surface area contributed by atoms with Crippen LogP contribution in [0.2, 0.25) is 0 Å². The molecule has 0 saturated heterocycles. The number of hydrogen-bond acceptors (Lipinski definition) is 3. The first kappa shape index (κ1) is 16.3. The summed E-state index contributed by atoms with van der Waals surface area (Å²) in [4.78, 5) is 22.7. The minimum absolute atomic E-state index is 0.0159. The summed E-state index contributed by atoms with van der Waals surface area (Å²) >= 11 is 0. The van der Waals surface area contributed by atoms with Gasteiger partial charge in [-0.05, 0) is 37.5 Å². The number of amides is 1. The lowest BCUT2D eigenvalue weighted by Crippen LogP contribution is -2.43. The number of benzene rings is 1. The largest absolute Gasteiger partial charge is 0.481 e. The second-order valence-electron chi connectivity index (χ2n) is 5.82. The van der Waals surface area contributed by atoms with Gasteiger partial charge in [-0.25, -0.2) is 0 Å². The van der Waals surface area contributed by atoms with E-state index in [-0.39, 0.29) is 18.4 Å². The van der Waals surface area contributed by atoms with Gasteiger partial charge in [0.25, 0.3) is 5.91 Å². The standard InChI is InChI=1S/C17H23NO4/c1-12(17(21)18-14-5-3-2-4-6-14)22-15-9-7-13(8-10-15)11-16(19)20/h7-10,12,14H,2-6,11H2,1H3,(H,18,21)(H,19,20)/t12-/m0/s1. The molecule has 1 amide bonds. The number of ether oxygens (including phenoxy) is 1. The van der Waals surface area contributed by atoms with E-state index in [9.17, 15) is 9.59 Å². The van der Waals surface area contributed by atoms with E-state index >= 15 is 0 Å². The molecule has 0 heterocycles. The molecule has 1 atom stereocenters. The second-order valence-corrected chi connectivity index (χ2v) is 5.82. The van der Waals surface area contributed by atoms with Gasteiger partial charge in [-0.2, -0.15) is 0 Å². The monoisotopic (exact) mass is 305 g/mol. The van der Waals surface area contributed by atoms with Gasteiger partial charge in [-0.15, -0.1) is 0 Å². The molecule has 1 aromatic carbocycles. The van der Waals surface area contributed by atoms with E-state index in [0.717, 1.165) is 12.8 Å². The van der Waals surface area contributed by atoms with Gasteiger partial charge >= 0.3 is 5.97 Å². The van der Waals surface area contributed by atoms with Crippen molar-refractivity contribution >= 4 is 11.9 Å². The smallest absolute Gasteiger partial charge is 0.307 e. The average molecular weight is 305 g/mol. The highest BCUT2D eigenvalue weighted by Crippen LogP contribution is 2.18. The summed E-state index contributed by atoms with van der Waals surface area (Å²) < 4.78 is 5.62. The van der Waals surface area contributed by atoms with E-state index in [1.807, 2.05) is 0 Å². The summed E-state index contributed by atoms with van der Waals surface area (Å²) in [5, 5.41) is 11.8. The lowest BCUT2D eigenvalue weighted by atomic mass is 9.95. The van der Waals surface area contributed by atoms with Crippen LogP contribution in [-0.4, -0.2) is 29.1 Å². The molecule has 1 aliphatic carbocycles. The topological polar surface area (TPSA) is 75.6 Å². The van der Waals surface area contributed by atoms with Gasteiger partial charge in [0.2, 0.25) is 0 Å². The zero-order chi connectivity index (χ0) is 15.9. The quantitative estimate of drug-likeness (QED) is 0.847. The number of rotatable bonds is 6. The van der Waals surface area contributed by atoms with Crippen molar-refractivity contribution in [2.45, 2.75) is 57.6 Å². The van der Waals surface area contributed by atoms with Crippen LogP contribution in [0.3, 0.4) is 0 Å². The van der Waals surface area contributed by atoms with Crippen molar-refractivity contribution in [3.63, 3.8) is 0 Å². The molecule has 2 N–H and O–H groups in total. The highest BCUT2D eigenvalue weighted by Gasteiger charge is 2.20. The number of carbonyl (C=O) groups is 2. The normalized spacial score (nSPS) is 16.8. The van der Waals surface area contributed by atoms with Gasteiger partial charge in [-0.3, -0.25) is 9.59 Å². The molecule has 0 unspecified atom stereocenters. The van der Waals surface area contributed by atoms with Gasteiger partial charge in [0, 0.05) is 6.04 Å². The number of hydrogen-bond donors (Lipinski definition) is 2. The van der Waals surface area contributed by atoms with E-state index in [2.05, 4.69) is 5.32 Å². The van der Waals surface area contributed by atoms with Crippen molar-refractivity contribution in [2.75, 3.05) is 0 Å². The van der Waals surface area contributed by atoms with Gasteiger partial charge in [0.15, 0.2) is 6.10 Å². The Morgan fingerprint density at radius 1 is 1.23 bits per heavy atom. The third-order valence-electron chi connectivity index (χ3n) is 3.91. The van der Waals surface area contributed by atoms with E-state index in [4.69, 9.17) is 9.84 Å². The van der Waals surface area contributed by atoms with E-state index < -0.39 is 12.1 Å². The Bertz CT molecular complexity index is 506. The minimum Gasteiger partial charge on any atom is -0.481 e. The fourth-order valence-corrected chi connectivity index (χ4v) is 2.68. The summed E-state index contributed by atoms with van der Waals surface area (Å²) in [6.07, 6.45) is 5.10. The zero-order valence-electron chi connectivity index (χ0n) is 12.9. The maximum absolute atomic E-state index is 12.1. The zero-order valence-corrected chi connectivity index (χ0v) is 12.9. The number of aliphatic carboxylic acids is 1. The van der Waals surface area contributed by atoms with Crippen molar-refractivity contribution in [1.29, 1.82) is 0 Å². The van der Waals surface area contributed by atoms with Crippen molar-refractivity contribution < 1.29 is 19.4 Å². The molecule has 1 aliphatic rings. The van der Waals surface area contributed by atoms with E-state index in [1.54, 1.807) is 31.2 Å². The lowest BCUT2D eigenvalue weighted by molar-refractivity contribution is -0.136. The number of carbonyl (C=O) groups excluding carboxylic acids is 1. The predicted molar refractivity (Wildman–Crippen MR) is 82.9 cm³/mol. The molecular formula is C17H23NO4. The Labute approximate surface area is 130 Å². The molecule has 0 aromatic heterocycles. The maximum Gasteiger partial charge on any atom is 0.307 e. The van der Waals surface area contributed by atoms with Crippen molar-refractivity contribution in [1.82, 2.24) is 5.32 Å². The molecule has 1 aromatic rings. The lowest BCUT2D eigenvalue weighted by Gasteiger charge is -2.24. The van der Waals surface area contributed by atoms with Crippen LogP contribution in [0.25, 0.3) is 0 Å². The van der Waals surface area contributed by atoms with Crippen molar-refractivity contribution in [3.05, 3.63) is 29.8 Å². The molecule has 0 bridgehead atoms. The van der Waals surface area contributed by atoms with Gasteiger partial charge < -0.3 is 15.2 Å². The molecule has 5 heteroatoms. The molecule has 0 radical (unpaired) electrons. The first-order valence-corrected chi connectivity index (χ1v) is 7.82. The van der Waals surface area contributed by atoms with Crippen LogP contribution in [0.1, 0.15) is 44.6 Å². The Kier molecular flexibility index (Phi) is 5.81. The molecular weight excluding hydrogens is 282 g/mol. The first-order chi connectivity index (χ1) is 10.5. The first-order valence-electron chi connectivity index (χ1n) is 7.82. The SMILES string of the molecule is C[C@H](Oc1ccc(CC(=O)O)cc1)C(=O)NC1CCCCC1. The predicted octanol–water partition coefficient (Wildman–Crippen LogP) is 2.53. The van der Waals surface area contributed by atoms with E-state index in [1.165, 1.54) is 19.3 Å². The molecule has 2 rings (SSSR count). The second kappa shape index (κ2) is 7.82. The van der Waals surface area contributed by atoms with E-state index in [0.29, 0.717) is 11.3 Å². The number of nitrogens with one attached hydrogen (secondary N) is 1. The Balaban J connectivity index is 1.83. The molecule has 0 spiro atoms. The fourth-order valence-electron chi connectivity index (χ4n) is 2.68. The summed E-state index contributed by atoms with van der Waals surface area (Å²) in [5.74, 6) is -0.393. The third kappa shape index (κ3) is 5.06. The summed E-state index contributed by atoms with van der Waals surface area (Å²) in [6, 6.07) is 7.07. The molecule has 22 heavy (non-hydrogen) atoms. The maximum atomic E-state index is 12.1. The molecule has 0 aliphatic heterocycles. The third-order valence-corrected chi connectivity index (χ3v) is 3.91. The Morgan fingerprint density at radius 3 is 2.45 bits per heavy atom. The van der Waals surface area contributed by atoms with Gasteiger partial charge in [0.05, 0.1) is 6.42 Å². The average Bonchev–Trinajstić information content (AvgIpc) is 2.49. The summed E-state index contributed by atoms with van der Waals surface area (Å²) in [5.41, 5.74) is 0.708. The van der Waals surface area contributed by atoms with Crippen LogP contribution in [-0.2, 0) is 16.0 Å². The highest BCUT2D eigenvalue weighted by molar-refractivity contribution is 5.81. The Morgan fingerprint density at radius 2 is 1.86 bits per heavy atom. The van der Waals surface area contributed by atoms with Crippen LogP contribution in [0.15, 0.2) is 24.3 Å². The fraction of sp³-hybridized carbons (Fsp3) is 0.529. The van der Waals surface area contributed by atoms with Crippen molar-refractivity contribution in [3.8, 4) is 5.75 Å². The molecule has 1 saturated carbocycles. The highest BCUT2D eigenvalue weighted by atomic mass is 16.5. The van der Waals surface area contributed by atoms with Crippen LogP contribution in [0, 0.1) is 0 Å². The molecule has 120 valence electrons. The molecule has 5 nitrogen and oxygen atoms in total. The van der Waals surface area contributed by atoms with Crippen LogP contribution in [0.5, 0.6) is 5.75 Å². The van der Waals surface area contributed by atoms with Crippen LogP contribution in [0.4, 0.5) is 0 Å². The van der Waals surface area contributed by atoms with Crippen LogP contribution >= 0.6 is 0 Å². The number of carboxylic acids is 1. The van der Waals surface area contributed by atoms with Crippen LogP contribution < -0.4 is 10.1 Å². The van der Waals surface area contributed by atoms with Gasteiger partial charge in [-0.1, -0.05) is 31.4 Å².